The van der Waals surface area contributed by atoms with Crippen molar-refractivity contribution in [2.24, 2.45) is 0 Å². The number of hydrogen-bond donors (Lipinski definition) is 1. The van der Waals surface area contributed by atoms with E-state index < -0.39 is 12.3 Å². The van der Waals surface area contributed by atoms with Crippen molar-refractivity contribution < 1.29 is 9.53 Å². The van der Waals surface area contributed by atoms with Crippen LogP contribution in [0.1, 0.15) is 17.3 Å². The number of alkyl carbamates (subject to hydrolysis) is 1. The van der Waals surface area contributed by atoms with Crippen LogP contribution >= 0.6 is 0 Å². The highest BCUT2D eigenvalue weighted by Crippen LogP contribution is 2.13. The van der Waals surface area contributed by atoms with Gasteiger partial charge in [-0.1, -0.05) is 48.5 Å². The predicted molar refractivity (Wildman–Crippen MR) is 75.5 cm³/mol. The summed E-state index contributed by atoms with van der Waals surface area (Å²) in [5.74, 6) is 0. The topological polar surface area (TPSA) is 42.7 Å². The highest BCUT2D eigenvalue weighted by molar-refractivity contribution is 5.68. The number of carbonyl (C=O) groups excluding carboxylic acids is 1. The Morgan fingerprint density at radius 1 is 1.10 bits per heavy atom. The molecule has 20 heavy (non-hydrogen) atoms. The number of nitrogens with zero attached hydrogens (tertiary/aromatic N) is 1. The molecule has 1 atom stereocenters. The van der Waals surface area contributed by atoms with E-state index in [1.807, 2.05) is 48.5 Å². The summed E-state index contributed by atoms with van der Waals surface area (Å²) in [5, 5.41) is 2.54. The molecule has 4 nitrogen and oxygen atoms in total. The SMILES string of the molecule is [C-]#[N+]C(NC(=O)OCc1ccccc1)c1ccccc1. The standard InChI is InChI=1S/C16H14N2O2/c1-17-15(14-10-6-3-7-11-14)18-16(19)20-12-13-8-4-2-5-9-13/h2-11,15H,12H2,(H,18,19). The van der Waals surface area contributed by atoms with Gasteiger partial charge in [0.05, 0.1) is 5.56 Å². The third-order valence-corrected chi connectivity index (χ3v) is 2.71. The number of carbonyl (C=O) groups is 1. The van der Waals surface area contributed by atoms with Crippen molar-refractivity contribution in [1.29, 1.82) is 0 Å². The number of benzene rings is 2. The number of rotatable bonds is 4. The van der Waals surface area contributed by atoms with E-state index >= 15 is 0 Å². The quantitative estimate of drug-likeness (QED) is 0.860. The van der Waals surface area contributed by atoms with Crippen LogP contribution in [0.5, 0.6) is 0 Å². The Labute approximate surface area is 117 Å². The number of ether oxygens (including phenoxy) is 1. The molecular formula is C16H14N2O2. The summed E-state index contributed by atoms with van der Waals surface area (Å²) < 4.78 is 5.09. The summed E-state index contributed by atoms with van der Waals surface area (Å²) in [7, 11) is 0. The molecule has 0 radical (unpaired) electrons. The van der Waals surface area contributed by atoms with Gasteiger partial charge in [0.15, 0.2) is 0 Å². The molecule has 0 spiro atoms. The molecule has 1 unspecified atom stereocenters. The maximum absolute atomic E-state index is 11.7. The van der Waals surface area contributed by atoms with Gasteiger partial charge in [-0.25, -0.2) is 16.7 Å². The van der Waals surface area contributed by atoms with E-state index in [1.165, 1.54) is 0 Å². The lowest BCUT2D eigenvalue weighted by molar-refractivity contribution is 0.137. The zero-order valence-corrected chi connectivity index (χ0v) is 10.8. The second-order valence-corrected chi connectivity index (χ2v) is 4.15. The lowest BCUT2D eigenvalue weighted by Crippen LogP contribution is -2.27. The molecule has 0 aliphatic heterocycles. The lowest BCUT2D eigenvalue weighted by atomic mass is 10.2. The van der Waals surface area contributed by atoms with Crippen molar-refractivity contribution in [2.45, 2.75) is 12.8 Å². The van der Waals surface area contributed by atoms with Gasteiger partial charge in [-0.05, 0) is 17.7 Å². The van der Waals surface area contributed by atoms with Gasteiger partial charge in [-0.15, -0.1) is 0 Å². The van der Waals surface area contributed by atoms with E-state index in [-0.39, 0.29) is 6.61 Å². The van der Waals surface area contributed by atoms with Crippen LogP contribution in [0, 0.1) is 6.57 Å². The molecule has 1 N–H and O–H groups in total. The molecule has 0 saturated carbocycles. The molecule has 2 aromatic rings. The van der Waals surface area contributed by atoms with Crippen LogP contribution < -0.4 is 5.32 Å². The highest BCUT2D eigenvalue weighted by Gasteiger charge is 2.18. The van der Waals surface area contributed by atoms with Gasteiger partial charge in [0, 0.05) is 0 Å². The first-order valence-corrected chi connectivity index (χ1v) is 6.18. The second-order valence-electron chi connectivity index (χ2n) is 4.15. The summed E-state index contributed by atoms with van der Waals surface area (Å²) in [4.78, 5) is 15.1. The minimum atomic E-state index is -0.723. The van der Waals surface area contributed by atoms with E-state index in [0.29, 0.717) is 0 Å². The molecule has 0 saturated heterocycles. The molecule has 0 aliphatic rings. The molecule has 1 amide bonds. The van der Waals surface area contributed by atoms with Crippen LogP contribution in [0.15, 0.2) is 60.7 Å². The van der Waals surface area contributed by atoms with Gasteiger partial charge in [0.25, 0.3) is 0 Å². The van der Waals surface area contributed by atoms with E-state index in [0.717, 1.165) is 11.1 Å². The van der Waals surface area contributed by atoms with Gasteiger partial charge in [0.2, 0.25) is 0 Å². The Kier molecular flexibility index (Phi) is 4.74. The second kappa shape index (κ2) is 6.95. The Hall–Kier alpha value is -2.80. The zero-order valence-electron chi connectivity index (χ0n) is 10.8. The molecular weight excluding hydrogens is 252 g/mol. The molecule has 0 aromatic heterocycles. The largest absolute Gasteiger partial charge is 0.445 e. The third-order valence-electron chi connectivity index (χ3n) is 2.71. The Bertz CT molecular complexity index is 591. The summed E-state index contributed by atoms with van der Waals surface area (Å²) in [5.41, 5.74) is 1.64. The van der Waals surface area contributed by atoms with Crippen molar-refractivity contribution in [2.75, 3.05) is 0 Å². The molecule has 2 aromatic carbocycles. The van der Waals surface area contributed by atoms with Crippen LogP contribution in [0.2, 0.25) is 0 Å². The van der Waals surface area contributed by atoms with Crippen molar-refractivity contribution in [3.05, 3.63) is 83.2 Å². The minimum absolute atomic E-state index is 0.187. The number of amides is 1. The summed E-state index contributed by atoms with van der Waals surface area (Å²) in [6.45, 7) is 7.33. The van der Waals surface area contributed by atoms with Crippen molar-refractivity contribution in [3.8, 4) is 0 Å². The van der Waals surface area contributed by atoms with E-state index in [2.05, 4.69) is 10.2 Å². The van der Waals surface area contributed by atoms with Crippen molar-refractivity contribution in [3.63, 3.8) is 0 Å². The van der Waals surface area contributed by atoms with Gasteiger partial charge in [0.1, 0.15) is 6.61 Å². The van der Waals surface area contributed by atoms with Gasteiger partial charge >= 0.3 is 12.3 Å². The van der Waals surface area contributed by atoms with Crippen molar-refractivity contribution in [1.82, 2.24) is 5.32 Å². The first-order chi connectivity index (χ1) is 9.79. The smallest absolute Gasteiger partial charge is 0.413 e. The first-order valence-electron chi connectivity index (χ1n) is 6.18. The maximum Gasteiger partial charge on any atom is 0.413 e. The van der Waals surface area contributed by atoms with E-state index in [1.54, 1.807) is 12.1 Å². The van der Waals surface area contributed by atoms with E-state index in [4.69, 9.17) is 11.3 Å². The summed E-state index contributed by atoms with van der Waals surface area (Å²) in [6.07, 6.45) is -1.32. The third kappa shape index (κ3) is 3.85. The lowest BCUT2D eigenvalue weighted by Gasteiger charge is -2.09. The van der Waals surface area contributed by atoms with Crippen LogP contribution in [0.4, 0.5) is 4.79 Å². The fraction of sp³-hybridized carbons (Fsp3) is 0.125. The average Bonchev–Trinajstić information content (AvgIpc) is 2.52. The Balaban J connectivity index is 1.89. The maximum atomic E-state index is 11.7. The molecule has 4 heteroatoms. The van der Waals surface area contributed by atoms with Crippen LogP contribution in [-0.2, 0) is 11.3 Å². The molecule has 0 heterocycles. The molecule has 0 fully saturated rings. The normalized spacial score (nSPS) is 11.2. The molecule has 2 rings (SSSR count). The molecule has 0 bridgehead atoms. The zero-order chi connectivity index (χ0) is 14.2. The van der Waals surface area contributed by atoms with Crippen molar-refractivity contribution >= 4 is 6.09 Å². The minimum Gasteiger partial charge on any atom is -0.445 e. The Morgan fingerprint density at radius 2 is 1.70 bits per heavy atom. The van der Waals surface area contributed by atoms with Gasteiger partial charge in [-0.3, -0.25) is 4.85 Å². The first kappa shape index (κ1) is 13.6. The summed E-state index contributed by atoms with van der Waals surface area (Å²) in [6, 6.07) is 18.5. The monoisotopic (exact) mass is 266 g/mol. The number of nitrogens with one attached hydrogen (secondary N) is 1. The fourth-order valence-corrected chi connectivity index (χ4v) is 1.70. The Morgan fingerprint density at radius 3 is 2.30 bits per heavy atom. The van der Waals surface area contributed by atoms with E-state index in [9.17, 15) is 4.79 Å². The number of hydrogen-bond acceptors (Lipinski definition) is 2. The van der Waals surface area contributed by atoms with Crippen LogP contribution in [0.25, 0.3) is 4.85 Å². The highest BCUT2D eigenvalue weighted by atomic mass is 16.5. The van der Waals surface area contributed by atoms with Crippen LogP contribution in [0.3, 0.4) is 0 Å². The molecule has 0 aliphatic carbocycles. The summed E-state index contributed by atoms with van der Waals surface area (Å²) >= 11 is 0. The fourth-order valence-electron chi connectivity index (χ4n) is 1.70. The molecule has 100 valence electrons. The van der Waals surface area contributed by atoms with Crippen LogP contribution in [-0.4, -0.2) is 6.09 Å². The van der Waals surface area contributed by atoms with Gasteiger partial charge < -0.3 is 4.74 Å². The predicted octanol–water partition coefficient (Wildman–Crippen LogP) is 3.53. The van der Waals surface area contributed by atoms with Gasteiger partial charge in [-0.2, -0.15) is 0 Å². The average molecular weight is 266 g/mol.